The number of benzene rings is 3. The van der Waals surface area contributed by atoms with Crippen LogP contribution in [0.2, 0.25) is 0 Å². The van der Waals surface area contributed by atoms with Crippen molar-refractivity contribution >= 4 is 22.4 Å². The first-order chi connectivity index (χ1) is 11.7. The van der Waals surface area contributed by atoms with Crippen LogP contribution in [0, 0.1) is 0 Å². The summed E-state index contributed by atoms with van der Waals surface area (Å²) in [5, 5.41) is 5.09. The number of fused-ring (bicyclic) bond motifs is 1. The Kier molecular flexibility index (Phi) is 4.77. The van der Waals surface area contributed by atoms with Crippen molar-refractivity contribution in [2.24, 2.45) is 0 Å². The fourth-order valence-electron chi connectivity index (χ4n) is 2.72. The smallest absolute Gasteiger partial charge is 0.255 e. The maximum absolute atomic E-state index is 12.6. The maximum Gasteiger partial charge on any atom is 0.255 e. The second kappa shape index (κ2) is 7.15. The summed E-state index contributed by atoms with van der Waals surface area (Å²) in [5.41, 5.74) is 2.20. The molecule has 4 heteroatoms. The zero-order valence-electron chi connectivity index (χ0n) is 13.7. The molecule has 24 heavy (non-hydrogen) atoms. The summed E-state index contributed by atoms with van der Waals surface area (Å²) in [6.07, 6.45) is 0. The van der Waals surface area contributed by atoms with E-state index in [1.54, 1.807) is 32.4 Å². The van der Waals surface area contributed by atoms with E-state index in [9.17, 15) is 4.79 Å². The lowest BCUT2D eigenvalue weighted by Gasteiger charge is -2.12. The van der Waals surface area contributed by atoms with Crippen molar-refractivity contribution in [2.75, 3.05) is 19.5 Å². The molecule has 3 aromatic rings. The summed E-state index contributed by atoms with van der Waals surface area (Å²) < 4.78 is 10.5. The molecule has 3 aromatic carbocycles. The molecule has 3 rings (SSSR count). The third-order valence-corrected chi connectivity index (χ3v) is 3.88. The molecule has 0 fully saturated rings. The topological polar surface area (TPSA) is 47.6 Å². The van der Waals surface area contributed by atoms with E-state index < -0.39 is 0 Å². The number of anilines is 1. The lowest BCUT2D eigenvalue weighted by molar-refractivity contribution is 0.102. The third kappa shape index (κ3) is 3.24. The van der Waals surface area contributed by atoms with Crippen LogP contribution in [-0.4, -0.2) is 20.1 Å². The summed E-state index contributed by atoms with van der Waals surface area (Å²) in [6.45, 7) is 0.387. The molecule has 0 aliphatic rings. The molecule has 0 saturated heterocycles. The number of amides is 1. The Labute approximate surface area is 141 Å². The van der Waals surface area contributed by atoms with Crippen LogP contribution in [0.15, 0.2) is 60.7 Å². The normalized spacial score (nSPS) is 10.6. The molecule has 0 spiro atoms. The first-order valence-electron chi connectivity index (χ1n) is 7.68. The van der Waals surface area contributed by atoms with Crippen LogP contribution in [0.5, 0.6) is 5.75 Å². The average molecular weight is 321 g/mol. The molecule has 1 amide bonds. The molecule has 0 radical (unpaired) electrons. The van der Waals surface area contributed by atoms with Gasteiger partial charge in [-0.2, -0.15) is 0 Å². The van der Waals surface area contributed by atoms with E-state index >= 15 is 0 Å². The zero-order valence-corrected chi connectivity index (χ0v) is 13.7. The van der Waals surface area contributed by atoms with Crippen LogP contribution in [-0.2, 0) is 11.3 Å². The van der Waals surface area contributed by atoms with Crippen molar-refractivity contribution < 1.29 is 14.3 Å². The Morgan fingerprint density at radius 1 is 1.00 bits per heavy atom. The molecule has 4 nitrogen and oxygen atoms in total. The largest absolute Gasteiger partial charge is 0.496 e. The fraction of sp³-hybridized carbons (Fsp3) is 0.150. The Balaban J connectivity index is 1.90. The molecular formula is C20H19NO3. The van der Waals surface area contributed by atoms with Gasteiger partial charge in [0.1, 0.15) is 5.75 Å². The molecular weight excluding hydrogens is 302 g/mol. The molecule has 0 unspecified atom stereocenters. The first kappa shape index (κ1) is 16.0. The van der Waals surface area contributed by atoms with Crippen molar-refractivity contribution in [3.8, 4) is 5.75 Å². The number of nitrogens with one attached hydrogen (secondary N) is 1. The van der Waals surface area contributed by atoms with Gasteiger partial charge < -0.3 is 14.8 Å². The summed E-state index contributed by atoms with van der Waals surface area (Å²) >= 11 is 0. The van der Waals surface area contributed by atoms with Crippen LogP contribution in [0.3, 0.4) is 0 Å². The minimum absolute atomic E-state index is 0.161. The van der Waals surface area contributed by atoms with Gasteiger partial charge in [0, 0.05) is 29.3 Å². The van der Waals surface area contributed by atoms with Gasteiger partial charge in [-0.15, -0.1) is 0 Å². The van der Waals surface area contributed by atoms with Gasteiger partial charge in [-0.05, 0) is 29.7 Å². The van der Waals surface area contributed by atoms with Gasteiger partial charge in [-0.3, -0.25) is 4.79 Å². The van der Waals surface area contributed by atoms with Gasteiger partial charge in [0.15, 0.2) is 0 Å². The van der Waals surface area contributed by atoms with Crippen molar-refractivity contribution in [1.82, 2.24) is 0 Å². The maximum atomic E-state index is 12.6. The highest BCUT2D eigenvalue weighted by molar-refractivity contribution is 6.09. The number of carbonyl (C=O) groups excluding carboxylic acids is 1. The van der Waals surface area contributed by atoms with E-state index in [1.165, 1.54) is 0 Å². The SMILES string of the molecule is COCc1cc(C(=O)Nc2cccc3ccccc23)ccc1OC. The van der Waals surface area contributed by atoms with Crippen LogP contribution in [0.1, 0.15) is 15.9 Å². The second-order valence-corrected chi connectivity index (χ2v) is 5.44. The van der Waals surface area contributed by atoms with Crippen LogP contribution >= 0.6 is 0 Å². The monoisotopic (exact) mass is 321 g/mol. The number of hydrogen-bond acceptors (Lipinski definition) is 3. The summed E-state index contributed by atoms with van der Waals surface area (Å²) in [4.78, 5) is 12.6. The van der Waals surface area contributed by atoms with E-state index in [0.717, 1.165) is 22.0 Å². The zero-order chi connectivity index (χ0) is 16.9. The molecule has 122 valence electrons. The van der Waals surface area contributed by atoms with Crippen molar-refractivity contribution in [3.05, 3.63) is 71.8 Å². The lowest BCUT2D eigenvalue weighted by Crippen LogP contribution is -2.12. The van der Waals surface area contributed by atoms with Crippen molar-refractivity contribution in [3.63, 3.8) is 0 Å². The summed E-state index contributed by atoms with van der Waals surface area (Å²) in [6, 6.07) is 19.1. The second-order valence-electron chi connectivity index (χ2n) is 5.44. The summed E-state index contributed by atoms with van der Waals surface area (Å²) in [7, 11) is 3.21. The number of methoxy groups -OCH3 is 2. The number of ether oxygens (including phenoxy) is 2. The third-order valence-electron chi connectivity index (χ3n) is 3.88. The van der Waals surface area contributed by atoms with Crippen LogP contribution in [0.4, 0.5) is 5.69 Å². The predicted molar refractivity (Wildman–Crippen MR) is 95.6 cm³/mol. The molecule has 0 bridgehead atoms. The molecule has 1 N–H and O–H groups in total. The highest BCUT2D eigenvalue weighted by Crippen LogP contribution is 2.25. The minimum atomic E-state index is -0.161. The fourth-order valence-corrected chi connectivity index (χ4v) is 2.72. The van der Waals surface area contributed by atoms with Crippen molar-refractivity contribution in [1.29, 1.82) is 0 Å². The quantitative estimate of drug-likeness (QED) is 0.764. The Morgan fingerprint density at radius 2 is 1.79 bits per heavy atom. The molecule has 0 heterocycles. The predicted octanol–water partition coefficient (Wildman–Crippen LogP) is 4.25. The molecule has 0 aliphatic carbocycles. The van der Waals surface area contributed by atoms with E-state index in [2.05, 4.69) is 5.32 Å². The highest BCUT2D eigenvalue weighted by Gasteiger charge is 2.11. The number of hydrogen-bond donors (Lipinski definition) is 1. The summed E-state index contributed by atoms with van der Waals surface area (Å²) in [5.74, 6) is 0.546. The van der Waals surface area contributed by atoms with E-state index in [-0.39, 0.29) is 5.91 Å². The average Bonchev–Trinajstić information content (AvgIpc) is 2.62. The van der Waals surface area contributed by atoms with E-state index in [4.69, 9.17) is 9.47 Å². The Bertz CT molecular complexity index is 868. The molecule has 0 aliphatic heterocycles. The van der Waals surface area contributed by atoms with Crippen molar-refractivity contribution in [2.45, 2.75) is 6.61 Å². The number of carbonyl (C=O) groups is 1. The van der Waals surface area contributed by atoms with Gasteiger partial charge in [0.05, 0.1) is 13.7 Å². The Hall–Kier alpha value is -2.85. The Morgan fingerprint density at radius 3 is 2.58 bits per heavy atom. The van der Waals surface area contributed by atoms with Gasteiger partial charge in [0.2, 0.25) is 0 Å². The van der Waals surface area contributed by atoms with Gasteiger partial charge in [-0.25, -0.2) is 0 Å². The van der Waals surface area contributed by atoms with Crippen LogP contribution in [0.25, 0.3) is 10.8 Å². The number of rotatable bonds is 5. The van der Waals surface area contributed by atoms with Gasteiger partial charge in [0.25, 0.3) is 5.91 Å². The molecule has 0 aromatic heterocycles. The molecule has 0 saturated carbocycles. The van der Waals surface area contributed by atoms with Gasteiger partial charge >= 0.3 is 0 Å². The van der Waals surface area contributed by atoms with Gasteiger partial charge in [-0.1, -0.05) is 36.4 Å². The molecule has 0 atom stereocenters. The van der Waals surface area contributed by atoms with E-state index in [0.29, 0.717) is 17.9 Å². The van der Waals surface area contributed by atoms with E-state index in [1.807, 2.05) is 42.5 Å². The first-order valence-corrected chi connectivity index (χ1v) is 7.68. The van der Waals surface area contributed by atoms with Crippen LogP contribution < -0.4 is 10.1 Å². The minimum Gasteiger partial charge on any atom is -0.496 e. The lowest BCUT2D eigenvalue weighted by atomic mass is 10.1. The highest BCUT2D eigenvalue weighted by atomic mass is 16.5. The standard InChI is InChI=1S/C20H19NO3/c1-23-13-16-12-15(10-11-19(16)24-2)20(22)21-18-9-5-7-14-6-3-4-8-17(14)18/h3-12H,13H2,1-2H3,(H,21,22).